The van der Waals surface area contributed by atoms with E-state index in [2.05, 4.69) is 18.3 Å². The summed E-state index contributed by atoms with van der Waals surface area (Å²) in [6, 6.07) is 6.61. The third kappa shape index (κ3) is 3.25. The van der Waals surface area contributed by atoms with Crippen LogP contribution in [0.25, 0.3) is 0 Å². The van der Waals surface area contributed by atoms with Gasteiger partial charge in [-0.15, -0.1) is 0 Å². The highest BCUT2D eigenvalue weighted by molar-refractivity contribution is 5.48. The zero-order valence-electron chi connectivity index (χ0n) is 12.7. The fourth-order valence-corrected chi connectivity index (χ4v) is 3.11. The number of hydrogen-bond donors (Lipinski definition) is 2. The molecule has 1 saturated carbocycles. The van der Waals surface area contributed by atoms with E-state index < -0.39 is 0 Å². The van der Waals surface area contributed by atoms with E-state index in [1.165, 1.54) is 19.3 Å². The number of methoxy groups -OCH3 is 2. The van der Waals surface area contributed by atoms with Gasteiger partial charge in [-0.05, 0) is 31.2 Å². The molecule has 0 heterocycles. The van der Waals surface area contributed by atoms with Crippen molar-refractivity contribution < 1.29 is 9.47 Å². The molecule has 1 aromatic rings. The van der Waals surface area contributed by atoms with Gasteiger partial charge in [-0.2, -0.15) is 0 Å². The number of ether oxygens (including phenoxy) is 2. The first kappa shape index (κ1) is 15.1. The topological polar surface area (TPSA) is 56.5 Å². The van der Waals surface area contributed by atoms with Crippen LogP contribution in [0.15, 0.2) is 18.2 Å². The standard InChI is InChI=1S/C16H26N2O2/c1-11-7-8-12(9-11)18-14(10-17)13-5-4-6-15(19-2)16(13)20-3/h4-6,11-12,14,18H,7-10,17H2,1-3H3. The summed E-state index contributed by atoms with van der Waals surface area (Å²) in [5.74, 6) is 2.34. The molecule has 0 spiro atoms. The molecular formula is C16H26N2O2. The van der Waals surface area contributed by atoms with Gasteiger partial charge in [0.1, 0.15) is 0 Å². The zero-order chi connectivity index (χ0) is 14.5. The van der Waals surface area contributed by atoms with Crippen LogP contribution in [0.5, 0.6) is 11.5 Å². The maximum Gasteiger partial charge on any atom is 0.165 e. The molecule has 112 valence electrons. The number of nitrogens with two attached hydrogens (primary N) is 1. The maximum atomic E-state index is 5.97. The Morgan fingerprint density at radius 2 is 2.10 bits per heavy atom. The van der Waals surface area contributed by atoms with Crippen molar-refractivity contribution in [1.29, 1.82) is 0 Å². The van der Waals surface area contributed by atoms with E-state index in [1.54, 1.807) is 14.2 Å². The summed E-state index contributed by atoms with van der Waals surface area (Å²) in [4.78, 5) is 0. The second-order valence-electron chi connectivity index (χ2n) is 5.65. The Hall–Kier alpha value is -1.26. The predicted octanol–water partition coefficient (Wildman–Crippen LogP) is 2.48. The van der Waals surface area contributed by atoms with Crippen LogP contribution in [-0.4, -0.2) is 26.8 Å². The summed E-state index contributed by atoms with van der Waals surface area (Å²) >= 11 is 0. The summed E-state index contributed by atoms with van der Waals surface area (Å²) in [5.41, 5.74) is 7.05. The average molecular weight is 278 g/mol. The molecule has 4 heteroatoms. The quantitative estimate of drug-likeness (QED) is 0.839. The highest BCUT2D eigenvalue weighted by Crippen LogP contribution is 2.35. The number of benzene rings is 1. The van der Waals surface area contributed by atoms with Gasteiger partial charge in [0.05, 0.1) is 14.2 Å². The first-order valence-electron chi connectivity index (χ1n) is 7.36. The molecule has 3 unspecified atom stereocenters. The number of rotatable bonds is 6. The molecule has 4 nitrogen and oxygen atoms in total. The lowest BCUT2D eigenvalue weighted by molar-refractivity contribution is 0.343. The lowest BCUT2D eigenvalue weighted by Crippen LogP contribution is -2.35. The number of nitrogens with one attached hydrogen (secondary N) is 1. The molecule has 0 radical (unpaired) electrons. The minimum atomic E-state index is 0.107. The molecule has 1 aliphatic rings. The fourth-order valence-electron chi connectivity index (χ4n) is 3.11. The van der Waals surface area contributed by atoms with Crippen molar-refractivity contribution in [2.45, 2.75) is 38.3 Å². The van der Waals surface area contributed by atoms with Crippen LogP contribution < -0.4 is 20.5 Å². The van der Waals surface area contributed by atoms with Crippen LogP contribution in [0.2, 0.25) is 0 Å². The van der Waals surface area contributed by atoms with Crippen LogP contribution in [0.4, 0.5) is 0 Å². The average Bonchev–Trinajstić information content (AvgIpc) is 2.89. The Kier molecular flexibility index (Phi) is 5.26. The molecule has 1 aromatic carbocycles. The van der Waals surface area contributed by atoms with Gasteiger partial charge >= 0.3 is 0 Å². The summed E-state index contributed by atoms with van der Waals surface area (Å²) in [7, 11) is 3.33. The van der Waals surface area contributed by atoms with Crippen LogP contribution in [0.3, 0.4) is 0 Å². The van der Waals surface area contributed by atoms with Crippen molar-refractivity contribution in [2.75, 3.05) is 20.8 Å². The molecule has 3 atom stereocenters. The lowest BCUT2D eigenvalue weighted by Gasteiger charge is -2.24. The van der Waals surface area contributed by atoms with Crippen molar-refractivity contribution in [3.05, 3.63) is 23.8 Å². The van der Waals surface area contributed by atoms with E-state index in [0.717, 1.165) is 23.0 Å². The van der Waals surface area contributed by atoms with Gasteiger partial charge in [-0.25, -0.2) is 0 Å². The molecule has 0 saturated heterocycles. The van der Waals surface area contributed by atoms with Gasteiger partial charge in [0.2, 0.25) is 0 Å². The maximum absolute atomic E-state index is 5.97. The van der Waals surface area contributed by atoms with Crippen LogP contribution >= 0.6 is 0 Å². The normalized spacial score (nSPS) is 23.6. The second-order valence-corrected chi connectivity index (χ2v) is 5.65. The Balaban J connectivity index is 2.18. The molecule has 2 rings (SSSR count). The first-order chi connectivity index (χ1) is 9.69. The second kappa shape index (κ2) is 6.95. The largest absolute Gasteiger partial charge is 0.493 e. The SMILES string of the molecule is COc1cccc(C(CN)NC2CCC(C)C2)c1OC. The highest BCUT2D eigenvalue weighted by Gasteiger charge is 2.25. The molecule has 1 fully saturated rings. The Morgan fingerprint density at radius 3 is 2.65 bits per heavy atom. The third-order valence-electron chi connectivity index (χ3n) is 4.18. The smallest absolute Gasteiger partial charge is 0.165 e. The van der Waals surface area contributed by atoms with Crippen LogP contribution in [-0.2, 0) is 0 Å². The van der Waals surface area contributed by atoms with Gasteiger partial charge in [0.15, 0.2) is 11.5 Å². The van der Waals surface area contributed by atoms with Crippen molar-refractivity contribution in [3.63, 3.8) is 0 Å². The van der Waals surface area contributed by atoms with Gasteiger partial charge in [-0.1, -0.05) is 19.1 Å². The van der Waals surface area contributed by atoms with Crippen LogP contribution in [0.1, 0.15) is 37.8 Å². The third-order valence-corrected chi connectivity index (χ3v) is 4.18. The fraction of sp³-hybridized carbons (Fsp3) is 0.625. The minimum absolute atomic E-state index is 0.107. The Bertz CT molecular complexity index is 436. The summed E-state index contributed by atoms with van der Waals surface area (Å²) in [6.07, 6.45) is 3.75. The van der Waals surface area contributed by atoms with E-state index >= 15 is 0 Å². The van der Waals surface area contributed by atoms with E-state index in [1.807, 2.05) is 12.1 Å². The van der Waals surface area contributed by atoms with Gasteiger partial charge in [0.25, 0.3) is 0 Å². The van der Waals surface area contributed by atoms with Gasteiger partial charge in [0, 0.05) is 24.2 Å². The van der Waals surface area contributed by atoms with E-state index in [9.17, 15) is 0 Å². The summed E-state index contributed by atoms with van der Waals surface area (Å²) in [6.45, 7) is 2.86. The molecule has 0 aliphatic heterocycles. The van der Waals surface area contributed by atoms with Crippen molar-refractivity contribution in [1.82, 2.24) is 5.32 Å². The highest BCUT2D eigenvalue weighted by atomic mass is 16.5. The molecule has 0 bridgehead atoms. The molecule has 0 aromatic heterocycles. The molecule has 3 N–H and O–H groups in total. The predicted molar refractivity (Wildman–Crippen MR) is 81.3 cm³/mol. The number of para-hydroxylation sites is 1. The minimum Gasteiger partial charge on any atom is -0.493 e. The van der Waals surface area contributed by atoms with Crippen molar-refractivity contribution >= 4 is 0 Å². The van der Waals surface area contributed by atoms with E-state index in [-0.39, 0.29) is 6.04 Å². The lowest BCUT2D eigenvalue weighted by atomic mass is 10.0. The summed E-state index contributed by atoms with van der Waals surface area (Å²) < 4.78 is 10.9. The Morgan fingerprint density at radius 1 is 1.30 bits per heavy atom. The monoisotopic (exact) mass is 278 g/mol. The van der Waals surface area contributed by atoms with Gasteiger partial charge in [-0.3, -0.25) is 0 Å². The van der Waals surface area contributed by atoms with Crippen LogP contribution in [0, 0.1) is 5.92 Å². The zero-order valence-corrected chi connectivity index (χ0v) is 12.7. The molecule has 20 heavy (non-hydrogen) atoms. The van der Waals surface area contributed by atoms with Crippen molar-refractivity contribution in [2.24, 2.45) is 11.7 Å². The molecule has 1 aliphatic carbocycles. The summed E-state index contributed by atoms with van der Waals surface area (Å²) in [5, 5.41) is 3.68. The molecule has 0 amide bonds. The number of hydrogen-bond acceptors (Lipinski definition) is 4. The first-order valence-corrected chi connectivity index (χ1v) is 7.36. The molecular weight excluding hydrogens is 252 g/mol. The van der Waals surface area contributed by atoms with Gasteiger partial charge < -0.3 is 20.5 Å². The van der Waals surface area contributed by atoms with Crippen molar-refractivity contribution in [3.8, 4) is 11.5 Å². The Labute approximate surface area is 121 Å². The van der Waals surface area contributed by atoms with E-state index in [4.69, 9.17) is 15.2 Å². The van der Waals surface area contributed by atoms with E-state index in [0.29, 0.717) is 12.6 Å².